The molecular weight excluding hydrogens is 262 g/mol. The smallest absolute Gasteiger partial charge is 0.180 e. The molecule has 0 spiro atoms. The van der Waals surface area contributed by atoms with Gasteiger partial charge in [-0.3, -0.25) is 5.32 Å². The van der Waals surface area contributed by atoms with E-state index in [1.54, 1.807) is 18.4 Å². The molecule has 0 saturated heterocycles. The van der Waals surface area contributed by atoms with E-state index < -0.39 is 9.84 Å². The van der Waals surface area contributed by atoms with Crippen LogP contribution in [0.5, 0.6) is 0 Å². The predicted molar refractivity (Wildman–Crippen MR) is 71.5 cm³/mol. The first-order chi connectivity index (χ1) is 9.08. The number of nitrogens with one attached hydrogen (secondary N) is 1. The Morgan fingerprint density at radius 2 is 2.05 bits per heavy atom. The molecule has 0 fully saturated rings. The molecule has 100 valence electrons. The Hall–Kier alpha value is -1.59. The number of fused-ring (bicyclic) bond motifs is 1. The van der Waals surface area contributed by atoms with Crippen LogP contribution in [0.4, 0.5) is 0 Å². The van der Waals surface area contributed by atoms with Crippen LogP contribution in [0, 0.1) is 0 Å². The molecule has 0 aliphatic carbocycles. The maximum absolute atomic E-state index is 12.1. The van der Waals surface area contributed by atoms with Crippen LogP contribution in [0.2, 0.25) is 0 Å². The van der Waals surface area contributed by atoms with Crippen molar-refractivity contribution in [2.75, 3.05) is 5.75 Å². The summed E-state index contributed by atoms with van der Waals surface area (Å²) in [7, 11) is -3.16. The van der Waals surface area contributed by atoms with Crippen LogP contribution in [0.1, 0.15) is 30.3 Å². The highest BCUT2D eigenvalue weighted by molar-refractivity contribution is 7.91. The maximum Gasteiger partial charge on any atom is 0.180 e. The predicted octanol–water partition coefficient (Wildman–Crippen LogP) is 2.46. The van der Waals surface area contributed by atoms with Crippen LogP contribution in [0.15, 0.2) is 52.0 Å². The molecule has 1 N–H and O–H groups in total. The van der Waals surface area contributed by atoms with Crippen molar-refractivity contribution < 1.29 is 12.8 Å². The second kappa shape index (κ2) is 4.51. The molecule has 2 unspecified atom stereocenters. The van der Waals surface area contributed by atoms with E-state index in [2.05, 4.69) is 5.32 Å². The zero-order chi connectivity index (χ0) is 13.5. The monoisotopic (exact) mass is 277 g/mol. The van der Waals surface area contributed by atoms with Gasteiger partial charge < -0.3 is 4.42 Å². The molecular formula is C14H15NO3S. The van der Waals surface area contributed by atoms with E-state index in [1.165, 1.54) is 0 Å². The molecule has 0 amide bonds. The summed E-state index contributed by atoms with van der Waals surface area (Å²) < 4.78 is 29.5. The zero-order valence-corrected chi connectivity index (χ0v) is 11.4. The lowest BCUT2D eigenvalue weighted by Gasteiger charge is -2.17. The van der Waals surface area contributed by atoms with E-state index in [9.17, 15) is 8.42 Å². The van der Waals surface area contributed by atoms with Gasteiger partial charge in [0.1, 0.15) is 5.76 Å². The van der Waals surface area contributed by atoms with E-state index in [-0.39, 0.29) is 17.8 Å². The number of benzene rings is 1. The third-order valence-electron chi connectivity index (χ3n) is 3.44. The highest BCUT2D eigenvalue weighted by Crippen LogP contribution is 2.34. The molecule has 5 heteroatoms. The highest BCUT2D eigenvalue weighted by atomic mass is 32.2. The summed E-state index contributed by atoms with van der Waals surface area (Å²) in [6.07, 6.45) is 1.62. The first-order valence-electron chi connectivity index (χ1n) is 6.19. The van der Waals surface area contributed by atoms with Gasteiger partial charge in [0.15, 0.2) is 9.84 Å². The molecule has 2 atom stereocenters. The van der Waals surface area contributed by atoms with Gasteiger partial charge in [0, 0.05) is 6.04 Å². The Kier molecular flexibility index (Phi) is 2.95. The van der Waals surface area contributed by atoms with E-state index >= 15 is 0 Å². The molecule has 0 bridgehead atoms. The second-order valence-corrected chi connectivity index (χ2v) is 6.78. The molecule has 2 heterocycles. The highest BCUT2D eigenvalue weighted by Gasteiger charge is 2.35. The van der Waals surface area contributed by atoms with Crippen molar-refractivity contribution in [1.29, 1.82) is 0 Å². The van der Waals surface area contributed by atoms with E-state index in [0.717, 1.165) is 11.3 Å². The van der Waals surface area contributed by atoms with Gasteiger partial charge in [-0.05, 0) is 30.7 Å². The molecule has 1 aliphatic rings. The maximum atomic E-state index is 12.1. The molecule has 19 heavy (non-hydrogen) atoms. The van der Waals surface area contributed by atoms with Crippen molar-refractivity contribution in [3.05, 3.63) is 54.0 Å². The van der Waals surface area contributed by atoms with Gasteiger partial charge in [-0.2, -0.15) is 0 Å². The van der Waals surface area contributed by atoms with Crippen molar-refractivity contribution in [2.45, 2.75) is 23.9 Å². The van der Waals surface area contributed by atoms with Crippen LogP contribution < -0.4 is 5.32 Å². The minimum Gasteiger partial charge on any atom is -0.468 e. The quantitative estimate of drug-likeness (QED) is 0.936. The Labute approximate surface area is 112 Å². The number of sulfone groups is 1. The SMILES string of the molecule is CC(NC1CS(=O)(=O)c2ccccc21)c1ccco1. The van der Waals surface area contributed by atoms with Gasteiger partial charge in [0.05, 0.1) is 23.0 Å². The van der Waals surface area contributed by atoms with Crippen LogP contribution in [0.25, 0.3) is 0 Å². The van der Waals surface area contributed by atoms with Gasteiger partial charge in [0.2, 0.25) is 0 Å². The van der Waals surface area contributed by atoms with Crippen LogP contribution >= 0.6 is 0 Å². The molecule has 0 radical (unpaired) electrons. The number of hydrogen-bond donors (Lipinski definition) is 1. The molecule has 0 saturated carbocycles. The lowest BCUT2D eigenvalue weighted by Crippen LogP contribution is -2.25. The summed E-state index contributed by atoms with van der Waals surface area (Å²) in [5, 5.41) is 3.32. The number of rotatable bonds is 3. The minimum atomic E-state index is -3.16. The molecule has 3 rings (SSSR count). The van der Waals surface area contributed by atoms with Crippen molar-refractivity contribution in [2.24, 2.45) is 0 Å². The van der Waals surface area contributed by atoms with Gasteiger partial charge in [-0.25, -0.2) is 8.42 Å². The second-order valence-electron chi connectivity index (χ2n) is 4.78. The first-order valence-corrected chi connectivity index (χ1v) is 7.84. The van der Waals surface area contributed by atoms with Crippen molar-refractivity contribution in [3.8, 4) is 0 Å². The van der Waals surface area contributed by atoms with Crippen molar-refractivity contribution in [3.63, 3.8) is 0 Å². The summed E-state index contributed by atoms with van der Waals surface area (Å²) >= 11 is 0. The normalized spacial score (nSPS) is 22.1. The third-order valence-corrected chi connectivity index (χ3v) is 5.25. The average molecular weight is 277 g/mol. The lowest BCUT2D eigenvalue weighted by atomic mass is 10.1. The molecule has 1 aliphatic heterocycles. The van der Waals surface area contributed by atoms with Crippen molar-refractivity contribution in [1.82, 2.24) is 5.32 Å². The zero-order valence-electron chi connectivity index (χ0n) is 10.5. The fourth-order valence-electron chi connectivity index (χ4n) is 2.51. The summed E-state index contributed by atoms with van der Waals surface area (Å²) in [5.41, 5.74) is 0.848. The van der Waals surface area contributed by atoms with E-state index in [0.29, 0.717) is 4.90 Å². The lowest BCUT2D eigenvalue weighted by molar-refractivity contribution is 0.404. The summed E-state index contributed by atoms with van der Waals surface area (Å²) in [4.78, 5) is 0.444. The Morgan fingerprint density at radius 3 is 2.79 bits per heavy atom. The summed E-state index contributed by atoms with van der Waals surface area (Å²) in [6, 6.07) is 10.7. The largest absolute Gasteiger partial charge is 0.468 e. The average Bonchev–Trinajstić information content (AvgIpc) is 2.98. The topological polar surface area (TPSA) is 59.3 Å². The standard InChI is InChI=1S/C14H15NO3S/c1-10(13-6-4-8-18-13)15-12-9-19(16,17)14-7-3-2-5-11(12)14/h2-8,10,12,15H,9H2,1H3. The molecule has 2 aromatic rings. The van der Waals surface area contributed by atoms with Gasteiger partial charge in [0.25, 0.3) is 0 Å². The van der Waals surface area contributed by atoms with Gasteiger partial charge in [-0.1, -0.05) is 18.2 Å². The number of hydrogen-bond acceptors (Lipinski definition) is 4. The van der Waals surface area contributed by atoms with Crippen LogP contribution in [-0.4, -0.2) is 14.2 Å². The van der Waals surface area contributed by atoms with E-state index in [1.807, 2.05) is 31.2 Å². The molecule has 1 aromatic carbocycles. The fraction of sp³-hybridized carbons (Fsp3) is 0.286. The Bertz CT molecular complexity index is 676. The van der Waals surface area contributed by atoms with Crippen molar-refractivity contribution >= 4 is 9.84 Å². The fourth-order valence-corrected chi connectivity index (χ4v) is 4.26. The summed E-state index contributed by atoms with van der Waals surface area (Å²) in [5.74, 6) is 0.916. The van der Waals surface area contributed by atoms with Crippen LogP contribution in [0.3, 0.4) is 0 Å². The minimum absolute atomic E-state index is 0.0265. The molecule has 1 aromatic heterocycles. The van der Waals surface area contributed by atoms with Gasteiger partial charge >= 0.3 is 0 Å². The summed E-state index contributed by atoms with van der Waals surface area (Å²) in [6.45, 7) is 1.96. The first kappa shape index (κ1) is 12.4. The Morgan fingerprint density at radius 1 is 1.26 bits per heavy atom. The van der Waals surface area contributed by atoms with E-state index in [4.69, 9.17) is 4.42 Å². The molecule has 4 nitrogen and oxygen atoms in total. The third kappa shape index (κ3) is 2.19. The number of furan rings is 1. The van der Waals surface area contributed by atoms with Crippen LogP contribution in [-0.2, 0) is 9.84 Å². The van der Waals surface area contributed by atoms with Gasteiger partial charge in [-0.15, -0.1) is 0 Å². The Balaban J connectivity index is 1.88.